The summed E-state index contributed by atoms with van der Waals surface area (Å²) in [4.78, 5) is 0.542. The third kappa shape index (κ3) is 2.40. The van der Waals surface area contributed by atoms with Gasteiger partial charge < -0.3 is 5.21 Å². The highest BCUT2D eigenvalue weighted by atomic mass is 32.2. The van der Waals surface area contributed by atoms with E-state index in [0.717, 1.165) is 6.07 Å². The summed E-state index contributed by atoms with van der Waals surface area (Å²) in [7, 11) is 0. The van der Waals surface area contributed by atoms with Gasteiger partial charge in [0.1, 0.15) is 5.56 Å². The van der Waals surface area contributed by atoms with Crippen LogP contribution >= 0.6 is 24.2 Å². The maximum absolute atomic E-state index is 13.2. The number of thiocarbonyl (C=S) groups is 1. The highest BCUT2D eigenvalue weighted by Gasteiger charge is 2.36. The van der Waals surface area contributed by atoms with Crippen molar-refractivity contribution in [1.82, 2.24) is 4.14 Å². The first kappa shape index (κ1) is 14.3. The maximum atomic E-state index is 13.2. The molecule has 0 bridgehead atoms. The molecule has 21 heavy (non-hydrogen) atoms. The van der Waals surface area contributed by atoms with Crippen molar-refractivity contribution in [2.75, 3.05) is 0 Å². The monoisotopic (exact) mass is 327 g/mol. The smallest absolute Gasteiger partial charge is 0.422 e. The normalized spacial score (nSPS) is 18.0. The third-order valence-electron chi connectivity index (χ3n) is 3.24. The van der Waals surface area contributed by atoms with E-state index in [4.69, 9.17) is 12.2 Å². The summed E-state index contributed by atoms with van der Waals surface area (Å²) in [5, 5.41) is 13.5. The molecule has 2 aliphatic rings. The number of hydrogen-bond donors (Lipinski definition) is 0. The molecule has 108 valence electrons. The van der Waals surface area contributed by atoms with E-state index < -0.39 is 11.7 Å². The lowest BCUT2D eigenvalue weighted by atomic mass is 9.93. The molecule has 1 aromatic carbocycles. The van der Waals surface area contributed by atoms with Gasteiger partial charge in [0.2, 0.25) is 17.3 Å². The van der Waals surface area contributed by atoms with E-state index in [-0.39, 0.29) is 10.6 Å². The zero-order valence-electron chi connectivity index (χ0n) is 10.5. The number of nitrogens with zero attached hydrogens (tertiary/aromatic N) is 1. The van der Waals surface area contributed by atoms with E-state index in [1.54, 1.807) is 6.08 Å². The second-order valence-electron chi connectivity index (χ2n) is 4.54. The molecule has 2 nitrogen and oxygen atoms in total. The fourth-order valence-corrected chi connectivity index (χ4v) is 3.40. The van der Waals surface area contributed by atoms with Crippen molar-refractivity contribution >= 4 is 34.6 Å². The molecule has 1 aliphatic carbocycles. The zero-order chi connectivity index (χ0) is 15.2. The number of fused-ring (bicyclic) bond motifs is 2. The largest absolute Gasteiger partial charge is 0.610 e. The van der Waals surface area contributed by atoms with Crippen molar-refractivity contribution in [2.45, 2.75) is 12.6 Å². The van der Waals surface area contributed by atoms with Gasteiger partial charge in [0, 0.05) is 16.9 Å². The van der Waals surface area contributed by atoms with Gasteiger partial charge in [-0.2, -0.15) is 13.2 Å². The molecule has 0 radical (unpaired) electrons. The quantitative estimate of drug-likeness (QED) is 0.317. The Morgan fingerprint density at radius 3 is 2.76 bits per heavy atom. The Balaban J connectivity index is 2.52. The number of allylic oxidation sites excluding steroid dienone is 3. The molecule has 1 heterocycles. The number of benzene rings is 1. The molecule has 3 rings (SSSR count). The first-order valence-electron chi connectivity index (χ1n) is 6.01. The van der Waals surface area contributed by atoms with Crippen LogP contribution in [0.25, 0.3) is 5.57 Å². The van der Waals surface area contributed by atoms with E-state index in [9.17, 15) is 18.4 Å². The van der Waals surface area contributed by atoms with Crippen LogP contribution in [-0.4, -0.2) is 4.86 Å². The SMILES string of the molecule is [O-][N+]1=c2c(C(F)(F)F)cccc2=C2C(=S)CC=CC2=CS1. The molecule has 0 atom stereocenters. The predicted octanol–water partition coefficient (Wildman–Crippen LogP) is 2.72. The van der Waals surface area contributed by atoms with Crippen LogP contribution in [0.15, 0.2) is 41.3 Å². The summed E-state index contributed by atoms with van der Waals surface area (Å²) >= 11 is 5.96. The first-order valence-corrected chi connectivity index (χ1v) is 7.26. The van der Waals surface area contributed by atoms with E-state index in [1.165, 1.54) is 17.5 Å². The van der Waals surface area contributed by atoms with Crippen molar-refractivity contribution in [2.24, 2.45) is 0 Å². The van der Waals surface area contributed by atoms with Crippen molar-refractivity contribution < 1.29 is 13.2 Å². The predicted molar refractivity (Wildman–Crippen MR) is 80.7 cm³/mol. The number of halogens is 3. The van der Waals surface area contributed by atoms with Crippen molar-refractivity contribution in [3.8, 4) is 0 Å². The fourth-order valence-electron chi connectivity index (χ4n) is 2.37. The second-order valence-corrected chi connectivity index (χ2v) is 5.81. The molecule has 0 saturated carbocycles. The minimum atomic E-state index is -4.59. The Hall–Kier alpha value is -1.60. The summed E-state index contributed by atoms with van der Waals surface area (Å²) in [5.74, 6) is 0. The van der Waals surface area contributed by atoms with Gasteiger partial charge in [-0.15, -0.1) is 4.14 Å². The lowest BCUT2D eigenvalue weighted by Crippen LogP contribution is -2.41. The van der Waals surface area contributed by atoms with Crippen molar-refractivity contribution in [1.29, 1.82) is 0 Å². The second kappa shape index (κ2) is 4.99. The van der Waals surface area contributed by atoms with Gasteiger partial charge in [0.05, 0.1) is 10.6 Å². The molecule has 0 fully saturated rings. The van der Waals surface area contributed by atoms with E-state index in [1.807, 2.05) is 6.08 Å². The molecule has 1 aromatic rings. The summed E-state index contributed by atoms with van der Waals surface area (Å²) < 4.78 is 39.8. The maximum Gasteiger partial charge on any atom is 0.422 e. The van der Waals surface area contributed by atoms with Gasteiger partial charge in [-0.3, -0.25) is 0 Å². The molecule has 0 spiro atoms. The average Bonchev–Trinajstić information content (AvgIpc) is 2.56. The number of rotatable bonds is 0. The Kier molecular flexibility index (Phi) is 3.41. The van der Waals surface area contributed by atoms with Gasteiger partial charge in [0.15, 0.2) is 0 Å². The summed E-state index contributed by atoms with van der Waals surface area (Å²) in [6.07, 6.45) is -0.486. The Labute approximate surface area is 127 Å². The van der Waals surface area contributed by atoms with E-state index in [0.29, 0.717) is 38.5 Å². The average molecular weight is 327 g/mol. The summed E-state index contributed by atoms with van der Waals surface area (Å²) in [6, 6.07) is 3.73. The highest BCUT2D eigenvalue weighted by Crippen LogP contribution is 2.28. The van der Waals surface area contributed by atoms with Crippen LogP contribution in [0, 0.1) is 5.21 Å². The molecule has 0 amide bonds. The molecule has 7 heteroatoms. The number of para-hydroxylation sites is 1. The van der Waals surface area contributed by atoms with E-state index in [2.05, 4.69) is 0 Å². The van der Waals surface area contributed by atoms with Gasteiger partial charge in [-0.25, -0.2) is 0 Å². The Morgan fingerprint density at radius 1 is 1.29 bits per heavy atom. The standard InChI is InChI=1S/C14H8F3NOS2/c15-14(16,17)10-5-2-4-9-12-8(3-1-6-11(12)20)7-21-18(19)13(9)10/h1-5,7H,6H2. The molecule has 0 saturated heterocycles. The number of hydrogen-bond acceptors (Lipinski definition) is 3. The molecule has 0 N–H and O–H groups in total. The van der Waals surface area contributed by atoms with Crippen LogP contribution in [0.3, 0.4) is 0 Å². The minimum Gasteiger partial charge on any atom is -0.610 e. The lowest BCUT2D eigenvalue weighted by molar-refractivity contribution is -0.138. The third-order valence-corrected chi connectivity index (χ3v) is 4.34. The van der Waals surface area contributed by atoms with Crippen molar-refractivity contribution in [3.05, 3.63) is 62.7 Å². The Morgan fingerprint density at radius 2 is 2.05 bits per heavy atom. The Bertz CT molecular complexity index is 822. The topological polar surface area (TPSA) is 26.1 Å². The fraction of sp³-hybridized carbons (Fsp3) is 0.143. The minimum absolute atomic E-state index is 0.241. The zero-order valence-corrected chi connectivity index (χ0v) is 12.1. The molecule has 0 aromatic heterocycles. The highest BCUT2D eigenvalue weighted by molar-refractivity contribution is 8.00. The van der Waals surface area contributed by atoms with Gasteiger partial charge in [-0.05, 0) is 17.7 Å². The summed E-state index contributed by atoms with van der Waals surface area (Å²) in [6.45, 7) is 0. The molecule has 1 aliphatic heterocycles. The molecular formula is C14H8F3NOS2. The summed E-state index contributed by atoms with van der Waals surface area (Å²) in [5.41, 5.74) is 0.275. The van der Waals surface area contributed by atoms with Crippen LogP contribution in [0.4, 0.5) is 13.2 Å². The van der Waals surface area contributed by atoms with Gasteiger partial charge in [0.25, 0.3) is 0 Å². The van der Waals surface area contributed by atoms with Gasteiger partial charge in [-0.1, -0.05) is 30.4 Å². The van der Waals surface area contributed by atoms with E-state index >= 15 is 0 Å². The molecule has 0 unspecified atom stereocenters. The van der Waals surface area contributed by atoms with Gasteiger partial charge >= 0.3 is 6.18 Å². The lowest BCUT2D eigenvalue weighted by Gasteiger charge is -2.12. The van der Waals surface area contributed by atoms with Crippen LogP contribution < -0.4 is 14.7 Å². The van der Waals surface area contributed by atoms with Crippen LogP contribution in [0.1, 0.15) is 12.0 Å². The number of alkyl halides is 3. The first-order chi connectivity index (χ1) is 9.89. The van der Waals surface area contributed by atoms with Crippen LogP contribution in [0.5, 0.6) is 0 Å². The molecular weight excluding hydrogens is 319 g/mol. The van der Waals surface area contributed by atoms with Crippen LogP contribution in [0.2, 0.25) is 0 Å². The van der Waals surface area contributed by atoms with Crippen molar-refractivity contribution in [3.63, 3.8) is 0 Å². The van der Waals surface area contributed by atoms with Crippen LogP contribution in [-0.2, 0) is 6.18 Å².